The molecule has 1 unspecified atom stereocenters. The number of nitrogens with one attached hydrogen (secondary N) is 1. The van der Waals surface area contributed by atoms with Gasteiger partial charge in [0.05, 0.1) is 4.91 Å². The van der Waals surface area contributed by atoms with Crippen molar-refractivity contribution in [3.63, 3.8) is 0 Å². The first kappa shape index (κ1) is 17.2. The van der Waals surface area contributed by atoms with Crippen LogP contribution < -0.4 is 5.32 Å². The van der Waals surface area contributed by atoms with E-state index in [0.29, 0.717) is 16.2 Å². The van der Waals surface area contributed by atoms with Gasteiger partial charge in [0.15, 0.2) is 0 Å². The van der Waals surface area contributed by atoms with Crippen molar-refractivity contribution in [2.75, 3.05) is 18.8 Å². The molecule has 5 heteroatoms. The third kappa shape index (κ3) is 3.03. The molecule has 1 N–H and O–H groups in total. The molecule has 1 saturated heterocycles. The molecular weight excluding hydrogens is 322 g/mol. The highest BCUT2D eigenvalue weighted by atomic mass is 32.2. The van der Waals surface area contributed by atoms with Crippen LogP contribution in [0.5, 0.6) is 0 Å². The Bertz CT molecular complexity index is 641. The van der Waals surface area contributed by atoms with Crippen molar-refractivity contribution in [3.05, 3.63) is 47.6 Å². The molecule has 0 amide bonds. The van der Waals surface area contributed by atoms with E-state index in [1.165, 1.54) is 11.8 Å². The zero-order chi connectivity index (χ0) is 17.2. The molecule has 128 valence electrons. The number of thioether (sulfide) groups is 1. The van der Waals surface area contributed by atoms with E-state index in [4.69, 9.17) is 4.74 Å². The summed E-state index contributed by atoms with van der Waals surface area (Å²) in [7, 11) is 0. The van der Waals surface area contributed by atoms with E-state index < -0.39 is 11.6 Å². The van der Waals surface area contributed by atoms with Gasteiger partial charge in [0.25, 0.3) is 0 Å². The second-order valence-corrected chi connectivity index (χ2v) is 7.44. The van der Waals surface area contributed by atoms with Gasteiger partial charge >= 0.3 is 0 Å². The van der Waals surface area contributed by atoms with E-state index >= 15 is 0 Å². The molecule has 3 rings (SSSR count). The minimum atomic E-state index is -0.429. The fourth-order valence-corrected chi connectivity index (χ4v) is 4.85. The zero-order valence-electron chi connectivity index (χ0n) is 13.8. The Morgan fingerprint density at radius 2 is 2.00 bits per heavy atom. The number of carbonyl (C=O) groups excluding carboxylic acids is 2. The number of allylic oxidation sites excluding steroid dienone is 5. The zero-order valence-corrected chi connectivity index (χ0v) is 14.6. The van der Waals surface area contributed by atoms with Crippen LogP contribution in [-0.2, 0) is 14.3 Å². The number of ketones is 2. The predicted octanol–water partition coefficient (Wildman–Crippen LogP) is 2.93. The van der Waals surface area contributed by atoms with Crippen molar-refractivity contribution in [2.45, 2.75) is 31.3 Å². The van der Waals surface area contributed by atoms with Crippen LogP contribution in [0.15, 0.2) is 47.6 Å². The van der Waals surface area contributed by atoms with Gasteiger partial charge in [-0.15, -0.1) is 18.3 Å². The second kappa shape index (κ2) is 7.11. The summed E-state index contributed by atoms with van der Waals surface area (Å²) in [5, 5.41) is 3.35. The fourth-order valence-electron chi connectivity index (χ4n) is 3.54. The Balaban J connectivity index is 2.00. The Kier molecular flexibility index (Phi) is 5.11. The molecule has 0 saturated carbocycles. The van der Waals surface area contributed by atoms with Crippen LogP contribution in [0, 0.1) is 5.92 Å². The third-order valence-corrected chi connectivity index (χ3v) is 6.21. The molecule has 4 nitrogen and oxygen atoms in total. The maximum atomic E-state index is 12.5. The van der Waals surface area contributed by atoms with Crippen molar-refractivity contribution >= 4 is 23.3 Å². The summed E-state index contributed by atoms with van der Waals surface area (Å²) in [6.45, 7) is 9.30. The van der Waals surface area contributed by atoms with Crippen molar-refractivity contribution in [1.29, 1.82) is 0 Å². The van der Waals surface area contributed by atoms with E-state index in [2.05, 4.69) is 18.5 Å². The Labute approximate surface area is 147 Å². The molecule has 3 aliphatic rings. The fraction of sp³-hybridized carbons (Fsp3) is 0.474. The summed E-state index contributed by atoms with van der Waals surface area (Å²) in [4.78, 5) is 25.5. The molecule has 0 bridgehead atoms. The Morgan fingerprint density at radius 3 is 2.67 bits per heavy atom. The lowest BCUT2D eigenvalue weighted by Crippen LogP contribution is -2.49. The van der Waals surface area contributed by atoms with Gasteiger partial charge in [-0.25, -0.2) is 0 Å². The quantitative estimate of drug-likeness (QED) is 0.482. The van der Waals surface area contributed by atoms with Gasteiger partial charge in [-0.3, -0.25) is 9.59 Å². The van der Waals surface area contributed by atoms with Gasteiger partial charge in [-0.1, -0.05) is 24.8 Å². The highest BCUT2D eigenvalue weighted by Gasteiger charge is 2.47. The first-order chi connectivity index (χ1) is 11.6. The second-order valence-electron chi connectivity index (χ2n) is 6.45. The van der Waals surface area contributed by atoms with Crippen LogP contribution in [0.3, 0.4) is 0 Å². The summed E-state index contributed by atoms with van der Waals surface area (Å²) < 4.78 is 6.46. The maximum Gasteiger partial charge on any atom is 0.242 e. The van der Waals surface area contributed by atoms with Gasteiger partial charge in [0.2, 0.25) is 11.6 Å². The molecular formula is C19H23NO3S. The van der Waals surface area contributed by atoms with Gasteiger partial charge in [-0.05, 0) is 25.9 Å². The minimum absolute atomic E-state index is 0.180. The normalized spacial score (nSPS) is 27.8. The topological polar surface area (TPSA) is 55.4 Å². The monoisotopic (exact) mass is 345 g/mol. The molecule has 0 aromatic carbocycles. The number of rotatable bonds is 4. The summed E-state index contributed by atoms with van der Waals surface area (Å²) in [6, 6.07) is 0. The van der Waals surface area contributed by atoms with Crippen LogP contribution in [0.25, 0.3) is 0 Å². The molecule has 24 heavy (non-hydrogen) atoms. The number of hydrogen-bond acceptors (Lipinski definition) is 5. The van der Waals surface area contributed by atoms with E-state index in [0.717, 1.165) is 44.5 Å². The molecule has 1 fully saturated rings. The smallest absolute Gasteiger partial charge is 0.242 e. The van der Waals surface area contributed by atoms with Crippen molar-refractivity contribution in [1.82, 2.24) is 5.32 Å². The highest BCUT2D eigenvalue weighted by Crippen LogP contribution is 2.47. The molecule has 0 radical (unpaired) electrons. The lowest BCUT2D eigenvalue weighted by Gasteiger charge is -2.45. The largest absolute Gasteiger partial charge is 0.489 e. The summed E-state index contributed by atoms with van der Waals surface area (Å²) in [5.41, 5.74) is 0.281. The number of ether oxygens (including phenoxy) is 1. The van der Waals surface area contributed by atoms with Gasteiger partial charge < -0.3 is 10.1 Å². The Morgan fingerprint density at radius 1 is 1.25 bits per heavy atom. The lowest BCUT2D eigenvalue weighted by molar-refractivity contribution is -0.133. The van der Waals surface area contributed by atoms with Crippen molar-refractivity contribution in [2.24, 2.45) is 5.92 Å². The molecule has 0 aromatic rings. The molecule has 1 aliphatic carbocycles. The number of piperidine rings is 1. The molecule has 2 heterocycles. The molecule has 1 spiro atoms. The van der Waals surface area contributed by atoms with E-state index in [1.54, 1.807) is 12.2 Å². The number of hydrogen-bond donors (Lipinski definition) is 1. The molecule has 1 atom stereocenters. The molecule has 0 aromatic heterocycles. The number of Topliss-reactive ketones (excluding diaryl/α,β-unsaturated/α-hetero) is 2. The predicted molar refractivity (Wildman–Crippen MR) is 96.6 cm³/mol. The summed E-state index contributed by atoms with van der Waals surface area (Å²) >= 11 is 1.50. The van der Waals surface area contributed by atoms with Crippen LogP contribution in [0.2, 0.25) is 0 Å². The first-order valence-electron chi connectivity index (χ1n) is 8.41. The van der Waals surface area contributed by atoms with E-state index in [-0.39, 0.29) is 11.5 Å². The summed E-state index contributed by atoms with van der Waals surface area (Å²) in [5.74, 6) is 0.413. The van der Waals surface area contributed by atoms with E-state index in [1.807, 2.05) is 6.08 Å². The summed E-state index contributed by atoms with van der Waals surface area (Å²) in [6.07, 6.45) is 8.40. The average molecular weight is 345 g/mol. The van der Waals surface area contributed by atoms with Crippen LogP contribution in [-0.4, -0.2) is 36.0 Å². The maximum absolute atomic E-state index is 12.5. The average Bonchev–Trinajstić information content (AvgIpc) is 2.60. The Hall–Kier alpha value is -1.59. The third-order valence-electron chi connectivity index (χ3n) is 4.87. The van der Waals surface area contributed by atoms with Crippen LogP contribution in [0.4, 0.5) is 0 Å². The molecule has 2 aliphatic heterocycles. The van der Waals surface area contributed by atoms with Gasteiger partial charge in [0.1, 0.15) is 11.4 Å². The van der Waals surface area contributed by atoms with E-state index in [9.17, 15) is 9.59 Å². The van der Waals surface area contributed by atoms with Gasteiger partial charge in [-0.2, -0.15) is 0 Å². The van der Waals surface area contributed by atoms with Crippen LogP contribution in [0.1, 0.15) is 25.7 Å². The standard InChI is InChI=1S/C19H23NO3S/c1-3-5-7-14-13(6-4-2)15(21)16(22)18-17(14)23-19(12-24-18)8-10-20-11-9-19/h3-4,6,14,20H,1-2,5,7-12H2/b13-6+. The lowest BCUT2D eigenvalue weighted by atomic mass is 9.82. The van der Waals surface area contributed by atoms with Crippen molar-refractivity contribution in [3.8, 4) is 0 Å². The van der Waals surface area contributed by atoms with Gasteiger partial charge in [0, 0.05) is 30.1 Å². The highest BCUT2D eigenvalue weighted by molar-refractivity contribution is 8.04. The van der Waals surface area contributed by atoms with Crippen molar-refractivity contribution < 1.29 is 14.3 Å². The number of carbonyl (C=O) groups is 2. The minimum Gasteiger partial charge on any atom is -0.489 e. The SMILES string of the molecule is C=C/C=C1/C(=O)C(=O)C2=C(OC3(CCNCC3)CS2)C1CCC=C. The first-order valence-corrected chi connectivity index (χ1v) is 9.40. The van der Waals surface area contributed by atoms with Crippen LogP contribution >= 0.6 is 11.8 Å².